The average molecular weight is 409 g/mol. The molecule has 30 heavy (non-hydrogen) atoms. The van der Waals surface area contributed by atoms with Gasteiger partial charge in [-0.15, -0.1) is 0 Å². The van der Waals surface area contributed by atoms with Gasteiger partial charge in [-0.1, -0.05) is 0 Å². The molecule has 1 aromatic rings. The molecule has 5 rings (SSSR count). The van der Waals surface area contributed by atoms with Gasteiger partial charge in [-0.2, -0.15) is 0 Å². The van der Waals surface area contributed by atoms with Gasteiger partial charge in [-0.3, -0.25) is 4.99 Å². The Labute approximate surface area is 180 Å². The molecule has 0 bridgehead atoms. The molecule has 2 aliphatic heterocycles. The summed E-state index contributed by atoms with van der Waals surface area (Å²) in [6.07, 6.45) is 12.3. The SMILES string of the molecule is CC1CCc2c(ccc(C(C=NC3CC4CNCC4C3)=CN)c2OC2CCC2)N1C. The van der Waals surface area contributed by atoms with Crippen LogP contribution in [-0.4, -0.2) is 44.5 Å². The summed E-state index contributed by atoms with van der Waals surface area (Å²) in [6.45, 7) is 4.62. The molecular formula is C25H36N4O. The van der Waals surface area contributed by atoms with Crippen LogP contribution in [0.1, 0.15) is 56.6 Å². The van der Waals surface area contributed by atoms with E-state index in [-0.39, 0.29) is 0 Å². The number of anilines is 1. The van der Waals surface area contributed by atoms with Gasteiger partial charge in [0.05, 0.1) is 12.1 Å². The topological polar surface area (TPSA) is 62.9 Å². The summed E-state index contributed by atoms with van der Waals surface area (Å²) in [5, 5.41) is 3.52. The van der Waals surface area contributed by atoms with E-state index < -0.39 is 0 Å². The number of hydrogen-bond acceptors (Lipinski definition) is 5. The molecule has 3 unspecified atom stereocenters. The van der Waals surface area contributed by atoms with Crippen LogP contribution < -0.4 is 20.7 Å². The van der Waals surface area contributed by atoms with Crippen molar-refractivity contribution in [1.82, 2.24) is 5.32 Å². The molecule has 0 amide bonds. The first-order chi connectivity index (χ1) is 14.6. The van der Waals surface area contributed by atoms with Crippen molar-refractivity contribution in [1.29, 1.82) is 0 Å². The van der Waals surface area contributed by atoms with Crippen molar-refractivity contribution < 1.29 is 4.74 Å². The van der Waals surface area contributed by atoms with Gasteiger partial charge in [0.1, 0.15) is 5.75 Å². The zero-order chi connectivity index (χ0) is 20.7. The quantitative estimate of drug-likeness (QED) is 0.728. The van der Waals surface area contributed by atoms with E-state index in [2.05, 4.69) is 36.3 Å². The van der Waals surface area contributed by atoms with Crippen LogP contribution in [-0.2, 0) is 6.42 Å². The van der Waals surface area contributed by atoms with Gasteiger partial charge in [0.25, 0.3) is 0 Å². The van der Waals surface area contributed by atoms with Gasteiger partial charge in [0.2, 0.25) is 0 Å². The summed E-state index contributed by atoms with van der Waals surface area (Å²) in [6, 6.07) is 5.43. The van der Waals surface area contributed by atoms with E-state index in [1.165, 1.54) is 30.5 Å². The lowest BCUT2D eigenvalue weighted by Crippen LogP contribution is -2.34. The van der Waals surface area contributed by atoms with Crippen LogP contribution >= 0.6 is 0 Å². The monoisotopic (exact) mass is 408 g/mol. The average Bonchev–Trinajstić information content (AvgIpc) is 3.30. The number of nitrogens with two attached hydrogens (primary N) is 1. The first kappa shape index (κ1) is 19.9. The van der Waals surface area contributed by atoms with Crippen molar-refractivity contribution in [2.75, 3.05) is 25.0 Å². The minimum absolute atomic E-state index is 0.345. The number of allylic oxidation sites excluding steroid dienone is 1. The minimum Gasteiger partial charge on any atom is -0.489 e. The third-order valence-electron chi connectivity index (χ3n) is 7.97. The number of hydrogen-bond donors (Lipinski definition) is 2. The predicted molar refractivity (Wildman–Crippen MR) is 124 cm³/mol. The highest BCUT2D eigenvalue weighted by Crippen LogP contribution is 2.42. The Hall–Kier alpha value is -2.01. The van der Waals surface area contributed by atoms with E-state index in [0.29, 0.717) is 18.2 Å². The Morgan fingerprint density at radius 3 is 2.63 bits per heavy atom. The fourth-order valence-corrected chi connectivity index (χ4v) is 5.63. The van der Waals surface area contributed by atoms with Gasteiger partial charge < -0.3 is 20.7 Å². The fraction of sp³-hybridized carbons (Fsp3) is 0.640. The Balaban J connectivity index is 1.43. The van der Waals surface area contributed by atoms with Crippen molar-refractivity contribution in [3.63, 3.8) is 0 Å². The van der Waals surface area contributed by atoms with E-state index in [1.807, 2.05) is 6.21 Å². The Morgan fingerprint density at radius 1 is 1.20 bits per heavy atom. The summed E-state index contributed by atoms with van der Waals surface area (Å²) >= 11 is 0. The molecule has 2 aliphatic carbocycles. The summed E-state index contributed by atoms with van der Waals surface area (Å²) in [7, 11) is 2.20. The van der Waals surface area contributed by atoms with Crippen LogP contribution in [0.4, 0.5) is 5.69 Å². The first-order valence-corrected chi connectivity index (χ1v) is 11.9. The maximum Gasteiger partial charge on any atom is 0.132 e. The normalized spacial score (nSPS) is 31.7. The van der Waals surface area contributed by atoms with Gasteiger partial charge >= 0.3 is 0 Å². The van der Waals surface area contributed by atoms with E-state index in [0.717, 1.165) is 67.5 Å². The van der Waals surface area contributed by atoms with Gasteiger partial charge in [-0.05, 0) is 88.9 Å². The predicted octanol–water partition coefficient (Wildman–Crippen LogP) is 3.76. The maximum absolute atomic E-state index is 6.59. The minimum atomic E-state index is 0.345. The smallest absolute Gasteiger partial charge is 0.132 e. The highest BCUT2D eigenvalue weighted by atomic mass is 16.5. The second kappa shape index (κ2) is 8.26. The lowest BCUT2D eigenvalue weighted by Gasteiger charge is -2.37. The Morgan fingerprint density at radius 2 is 1.97 bits per heavy atom. The van der Waals surface area contributed by atoms with Crippen molar-refractivity contribution in [2.24, 2.45) is 22.6 Å². The fourth-order valence-electron chi connectivity index (χ4n) is 5.63. The van der Waals surface area contributed by atoms with Crippen LogP contribution in [0.15, 0.2) is 23.3 Å². The van der Waals surface area contributed by atoms with E-state index in [4.69, 9.17) is 15.5 Å². The molecule has 3 N–H and O–H groups in total. The standard InChI is InChI=1S/C25H36N4O/c1-16-6-7-23-24(29(16)2)9-8-22(25(23)30-21-4-3-5-21)19(12-26)15-28-20-10-17-13-27-14-18(17)11-20/h8-9,12,15-18,20-21,27H,3-7,10-11,13-14,26H2,1-2H3. The number of nitrogens with zero attached hydrogens (tertiary/aromatic N) is 2. The lowest BCUT2D eigenvalue weighted by molar-refractivity contribution is 0.118. The van der Waals surface area contributed by atoms with Crippen LogP contribution in [0.25, 0.3) is 5.57 Å². The molecule has 4 aliphatic rings. The molecule has 162 valence electrons. The van der Waals surface area contributed by atoms with E-state index in [1.54, 1.807) is 6.20 Å². The summed E-state index contributed by atoms with van der Waals surface area (Å²) in [4.78, 5) is 7.37. The highest BCUT2D eigenvalue weighted by molar-refractivity contribution is 6.11. The van der Waals surface area contributed by atoms with E-state index >= 15 is 0 Å². The first-order valence-electron chi connectivity index (χ1n) is 11.9. The molecule has 3 fully saturated rings. The number of rotatable bonds is 5. The number of ether oxygens (including phenoxy) is 1. The maximum atomic E-state index is 6.59. The number of nitrogens with one attached hydrogen (secondary N) is 1. The molecule has 0 spiro atoms. The second-order valence-corrected chi connectivity index (χ2v) is 9.81. The molecule has 2 saturated carbocycles. The zero-order valence-electron chi connectivity index (χ0n) is 18.4. The highest BCUT2D eigenvalue weighted by Gasteiger charge is 2.37. The second-order valence-electron chi connectivity index (χ2n) is 9.81. The molecule has 0 aromatic heterocycles. The molecule has 1 aromatic carbocycles. The van der Waals surface area contributed by atoms with Gasteiger partial charge in [0, 0.05) is 47.9 Å². The van der Waals surface area contributed by atoms with Crippen LogP contribution in [0.5, 0.6) is 5.75 Å². The largest absolute Gasteiger partial charge is 0.489 e. The third kappa shape index (κ3) is 3.62. The van der Waals surface area contributed by atoms with E-state index in [9.17, 15) is 0 Å². The van der Waals surface area contributed by atoms with Crippen LogP contribution in [0, 0.1) is 11.8 Å². The van der Waals surface area contributed by atoms with Crippen LogP contribution in [0.2, 0.25) is 0 Å². The number of fused-ring (bicyclic) bond motifs is 2. The molecule has 5 heteroatoms. The van der Waals surface area contributed by atoms with Crippen molar-refractivity contribution >= 4 is 17.5 Å². The number of benzene rings is 1. The third-order valence-corrected chi connectivity index (χ3v) is 7.97. The van der Waals surface area contributed by atoms with Crippen LogP contribution in [0.3, 0.4) is 0 Å². The van der Waals surface area contributed by atoms with Crippen molar-refractivity contribution in [2.45, 2.75) is 70.1 Å². The lowest BCUT2D eigenvalue weighted by atomic mass is 9.91. The zero-order valence-corrected chi connectivity index (χ0v) is 18.4. The molecule has 0 radical (unpaired) electrons. The van der Waals surface area contributed by atoms with Gasteiger partial charge in [-0.25, -0.2) is 0 Å². The summed E-state index contributed by atoms with van der Waals surface area (Å²) in [5.74, 6) is 2.65. The molecule has 1 saturated heterocycles. The summed E-state index contributed by atoms with van der Waals surface area (Å²) < 4.78 is 6.59. The molecule has 5 nitrogen and oxygen atoms in total. The van der Waals surface area contributed by atoms with Crippen molar-refractivity contribution in [3.05, 3.63) is 29.5 Å². The van der Waals surface area contributed by atoms with Crippen molar-refractivity contribution in [3.8, 4) is 5.75 Å². The Kier molecular flexibility index (Phi) is 5.48. The molecule has 3 atom stereocenters. The van der Waals surface area contributed by atoms with Gasteiger partial charge in [0.15, 0.2) is 0 Å². The molecular weight excluding hydrogens is 372 g/mol. The molecule has 2 heterocycles. The number of aliphatic imine (C=N–C) groups is 1. The Bertz CT molecular complexity index is 832. The summed E-state index contributed by atoms with van der Waals surface area (Å²) in [5.41, 5.74) is 10.9.